The van der Waals surface area contributed by atoms with Gasteiger partial charge in [0.25, 0.3) is 0 Å². The molecule has 0 spiro atoms. The van der Waals surface area contributed by atoms with E-state index >= 15 is 0 Å². The quantitative estimate of drug-likeness (QED) is 0.816. The Hall–Kier alpha value is -2.10. The van der Waals surface area contributed by atoms with Crippen LogP contribution in [0.15, 0.2) is 36.4 Å². The average Bonchev–Trinajstić information content (AvgIpc) is 2.33. The largest absolute Gasteiger partial charge is 0.399 e. The van der Waals surface area contributed by atoms with E-state index in [9.17, 15) is 0 Å². The number of rotatable bonds is 3. The van der Waals surface area contributed by atoms with Crippen LogP contribution in [0, 0.1) is 6.92 Å². The van der Waals surface area contributed by atoms with E-state index in [0.717, 1.165) is 23.7 Å². The molecule has 0 saturated heterocycles. The summed E-state index contributed by atoms with van der Waals surface area (Å²) in [6, 6.07) is 11.8. The highest BCUT2D eigenvalue weighted by Gasteiger charge is 2.03. The summed E-state index contributed by atoms with van der Waals surface area (Å²) < 4.78 is 0. The molecule has 1 aromatic carbocycles. The summed E-state index contributed by atoms with van der Waals surface area (Å²) >= 11 is 0. The number of hydrogen-bond acceptors (Lipinski definition) is 4. The fourth-order valence-corrected chi connectivity index (χ4v) is 1.57. The van der Waals surface area contributed by atoms with Gasteiger partial charge in [-0.05, 0) is 36.8 Å². The molecule has 0 bridgehead atoms. The summed E-state index contributed by atoms with van der Waals surface area (Å²) in [6.45, 7) is 2.72. The third kappa shape index (κ3) is 2.93. The molecule has 0 aliphatic rings. The molecular weight excluding hydrogens is 212 g/mol. The fraction of sp³-hybridized carbons (Fsp3) is 0.231. The lowest BCUT2D eigenvalue weighted by Gasteiger charge is -2.17. The van der Waals surface area contributed by atoms with E-state index in [4.69, 9.17) is 5.73 Å². The number of anilines is 2. The summed E-state index contributed by atoms with van der Waals surface area (Å²) in [6.07, 6.45) is 0. The van der Waals surface area contributed by atoms with Gasteiger partial charge in [0, 0.05) is 19.3 Å². The lowest BCUT2D eigenvalue weighted by molar-refractivity contribution is 0.857. The average molecular weight is 228 g/mol. The van der Waals surface area contributed by atoms with Gasteiger partial charge in [0.05, 0.1) is 5.69 Å². The number of nitrogen functional groups attached to an aromatic ring is 1. The first-order chi connectivity index (χ1) is 8.15. The van der Waals surface area contributed by atoms with Crippen molar-refractivity contribution >= 4 is 11.5 Å². The maximum atomic E-state index is 5.65. The van der Waals surface area contributed by atoms with E-state index in [1.165, 1.54) is 5.56 Å². The minimum absolute atomic E-state index is 0.784. The molecule has 0 amide bonds. The first-order valence-corrected chi connectivity index (χ1v) is 5.51. The molecule has 17 heavy (non-hydrogen) atoms. The molecule has 88 valence electrons. The first kappa shape index (κ1) is 11.4. The van der Waals surface area contributed by atoms with Gasteiger partial charge in [-0.1, -0.05) is 12.1 Å². The van der Waals surface area contributed by atoms with Gasteiger partial charge in [-0.3, -0.25) is 0 Å². The highest BCUT2D eigenvalue weighted by molar-refractivity contribution is 5.42. The molecule has 2 aromatic rings. The molecule has 1 aromatic heterocycles. The third-order valence-corrected chi connectivity index (χ3v) is 2.57. The second kappa shape index (κ2) is 4.82. The van der Waals surface area contributed by atoms with Gasteiger partial charge in [-0.15, -0.1) is 5.10 Å². The van der Waals surface area contributed by atoms with Crippen LogP contribution in [0.5, 0.6) is 0 Å². The van der Waals surface area contributed by atoms with Crippen molar-refractivity contribution in [2.24, 2.45) is 0 Å². The molecule has 0 fully saturated rings. The normalized spacial score (nSPS) is 10.2. The Morgan fingerprint density at radius 1 is 1.06 bits per heavy atom. The Bertz CT molecular complexity index is 476. The Labute approximate surface area is 101 Å². The Balaban J connectivity index is 2.08. The van der Waals surface area contributed by atoms with Crippen LogP contribution in [0.25, 0.3) is 0 Å². The molecular formula is C13H16N4. The molecule has 2 N–H and O–H groups in total. The van der Waals surface area contributed by atoms with Crippen LogP contribution in [0.2, 0.25) is 0 Å². The van der Waals surface area contributed by atoms with Crippen LogP contribution in [0.3, 0.4) is 0 Å². The van der Waals surface area contributed by atoms with Gasteiger partial charge in [0.1, 0.15) is 0 Å². The van der Waals surface area contributed by atoms with Crippen molar-refractivity contribution in [1.82, 2.24) is 10.2 Å². The van der Waals surface area contributed by atoms with Gasteiger partial charge in [0.15, 0.2) is 5.82 Å². The monoisotopic (exact) mass is 228 g/mol. The van der Waals surface area contributed by atoms with Gasteiger partial charge in [-0.25, -0.2) is 0 Å². The van der Waals surface area contributed by atoms with E-state index in [-0.39, 0.29) is 0 Å². The van der Waals surface area contributed by atoms with E-state index in [1.54, 1.807) is 0 Å². The predicted octanol–water partition coefficient (Wildman–Crippen LogP) is 2.00. The molecule has 0 aliphatic heterocycles. The zero-order chi connectivity index (χ0) is 12.3. The Kier molecular flexibility index (Phi) is 3.23. The lowest BCUT2D eigenvalue weighted by Crippen LogP contribution is -2.18. The van der Waals surface area contributed by atoms with Crippen molar-refractivity contribution in [3.63, 3.8) is 0 Å². The topological polar surface area (TPSA) is 55.0 Å². The maximum Gasteiger partial charge on any atom is 0.151 e. The van der Waals surface area contributed by atoms with E-state index in [1.807, 2.05) is 50.4 Å². The summed E-state index contributed by atoms with van der Waals surface area (Å²) in [5, 5.41) is 8.19. The standard InChI is InChI=1S/C13H16N4/c1-10-3-8-13(16-15-10)17(2)9-11-4-6-12(14)7-5-11/h3-8H,9,14H2,1-2H3. The fourth-order valence-electron chi connectivity index (χ4n) is 1.57. The molecule has 4 heteroatoms. The molecule has 0 saturated carbocycles. The number of hydrogen-bond donors (Lipinski definition) is 1. The Morgan fingerprint density at radius 2 is 1.76 bits per heavy atom. The molecule has 0 unspecified atom stereocenters. The zero-order valence-electron chi connectivity index (χ0n) is 10.1. The molecule has 0 atom stereocenters. The first-order valence-electron chi connectivity index (χ1n) is 5.51. The lowest BCUT2D eigenvalue weighted by atomic mass is 10.2. The molecule has 2 rings (SSSR count). The molecule has 0 aliphatic carbocycles. The van der Waals surface area contributed by atoms with Gasteiger partial charge in [-0.2, -0.15) is 5.10 Å². The van der Waals surface area contributed by atoms with E-state index < -0.39 is 0 Å². The van der Waals surface area contributed by atoms with Crippen LogP contribution in [0.4, 0.5) is 11.5 Å². The smallest absolute Gasteiger partial charge is 0.151 e. The molecule has 4 nitrogen and oxygen atoms in total. The molecule has 1 heterocycles. The number of nitrogens with zero attached hydrogens (tertiary/aromatic N) is 3. The van der Waals surface area contributed by atoms with Crippen LogP contribution in [-0.4, -0.2) is 17.2 Å². The summed E-state index contributed by atoms with van der Waals surface area (Å²) in [4.78, 5) is 2.05. The van der Waals surface area contributed by atoms with Crippen molar-refractivity contribution in [1.29, 1.82) is 0 Å². The van der Waals surface area contributed by atoms with E-state index in [2.05, 4.69) is 15.1 Å². The van der Waals surface area contributed by atoms with Crippen molar-refractivity contribution in [2.45, 2.75) is 13.5 Å². The number of nitrogens with two attached hydrogens (primary N) is 1. The number of aryl methyl sites for hydroxylation is 1. The number of benzene rings is 1. The van der Waals surface area contributed by atoms with Gasteiger partial charge in [0.2, 0.25) is 0 Å². The summed E-state index contributed by atoms with van der Waals surface area (Å²) in [7, 11) is 2.00. The van der Waals surface area contributed by atoms with Crippen molar-refractivity contribution in [3.05, 3.63) is 47.7 Å². The summed E-state index contributed by atoms with van der Waals surface area (Å²) in [5.74, 6) is 0.868. The summed E-state index contributed by atoms with van der Waals surface area (Å²) in [5.41, 5.74) is 8.56. The maximum absolute atomic E-state index is 5.65. The second-order valence-electron chi connectivity index (χ2n) is 4.13. The van der Waals surface area contributed by atoms with E-state index in [0.29, 0.717) is 0 Å². The van der Waals surface area contributed by atoms with Crippen molar-refractivity contribution < 1.29 is 0 Å². The van der Waals surface area contributed by atoms with Crippen molar-refractivity contribution in [2.75, 3.05) is 17.7 Å². The zero-order valence-corrected chi connectivity index (χ0v) is 10.1. The highest BCUT2D eigenvalue weighted by Crippen LogP contribution is 2.13. The molecule has 0 radical (unpaired) electrons. The van der Waals surface area contributed by atoms with Crippen molar-refractivity contribution in [3.8, 4) is 0 Å². The second-order valence-corrected chi connectivity index (χ2v) is 4.13. The third-order valence-electron chi connectivity index (χ3n) is 2.57. The minimum atomic E-state index is 0.784. The Morgan fingerprint density at radius 3 is 2.35 bits per heavy atom. The number of aromatic nitrogens is 2. The van der Waals surface area contributed by atoms with Gasteiger partial charge < -0.3 is 10.6 Å². The highest BCUT2D eigenvalue weighted by atomic mass is 15.2. The van der Waals surface area contributed by atoms with Crippen LogP contribution < -0.4 is 10.6 Å². The SMILES string of the molecule is Cc1ccc(N(C)Cc2ccc(N)cc2)nn1. The predicted molar refractivity (Wildman–Crippen MR) is 69.7 cm³/mol. The van der Waals surface area contributed by atoms with Crippen LogP contribution >= 0.6 is 0 Å². The minimum Gasteiger partial charge on any atom is -0.399 e. The van der Waals surface area contributed by atoms with Gasteiger partial charge >= 0.3 is 0 Å². The van der Waals surface area contributed by atoms with Crippen LogP contribution in [-0.2, 0) is 6.54 Å². The van der Waals surface area contributed by atoms with Crippen LogP contribution in [0.1, 0.15) is 11.3 Å².